The lowest BCUT2D eigenvalue weighted by Crippen LogP contribution is -2.31. The molecule has 3 aromatic rings. The van der Waals surface area contributed by atoms with Crippen LogP contribution in [0.3, 0.4) is 0 Å². The van der Waals surface area contributed by atoms with Crippen molar-refractivity contribution in [3.63, 3.8) is 0 Å². The Morgan fingerprint density at radius 3 is 2.57 bits per heavy atom. The van der Waals surface area contributed by atoms with E-state index in [1.54, 1.807) is 37.5 Å². The van der Waals surface area contributed by atoms with Crippen molar-refractivity contribution in [3.05, 3.63) is 77.0 Å². The average Bonchev–Trinajstić information content (AvgIpc) is 3.24. The van der Waals surface area contributed by atoms with Gasteiger partial charge in [-0.25, -0.2) is 9.37 Å². The minimum Gasteiger partial charge on any atom is -0.466 e. The average molecular weight is 383 g/mol. The predicted octanol–water partition coefficient (Wildman–Crippen LogP) is 3.50. The van der Waals surface area contributed by atoms with Crippen LogP contribution in [0, 0.1) is 12.7 Å². The van der Waals surface area contributed by atoms with Crippen molar-refractivity contribution in [1.29, 1.82) is 0 Å². The molecule has 1 amide bonds. The van der Waals surface area contributed by atoms with Gasteiger partial charge in [0.15, 0.2) is 5.78 Å². The largest absolute Gasteiger partial charge is 0.466 e. The Bertz CT molecular complexity index is 989. The van der Waals surface area contributed by atoms with E-state index in [2.05, 4.69) is 10.3 Å². The molecule has 0 saturated heterocycles. The second-order valence-electron chi connectivity index (χ2n) is 6.69. The fraction of sp³-hybridized carbons (Fsp3) is 0.286. The Morgan fingerprint density at radius 1 is 1.29 bits per heavy atom. The molecule has 2 aromatic heterocycles. The minimum atomic E-state index is -0.501. The summed E-state index contributed by atoms with van der Waals surface area (Å²) >= 11 is 0. The number of rotatable bonds is 7. The molecule has 0 unspecified atom stereocenters. The van der Waals surface area contributed by atoms with Crippen LogP contribution in [-0.2, 0) is 18.3 Å². The summed E-state index contributed by atoms with van der Waals surface area (Å²) in [6, 6.07) is 7.15. The number of ketones is 1. The molecule has 0 saturated carbocycles. The van der Waals surface area contributed by atoms with Gasteiger partial charge in [-0.05, 0) is 37.6 Å². The topological polar surface area (TPSA) is 77.1 Å². The van der Waals surface area contributed by atoms with Crippen LogP contribution in [0.1, 0.15) is 52.7 Å². The first-order valence-electron chi connectivity index (χ1n) is 8.97. The van der Waals surface area contributed by atoms with Gasteiger partial charge >= 0.3 is 0 Å². The Balaban J connectivity index is 1.73. The third-order valence-electron chi connectivity index (χ3n) is 4.57. The maximum absolute atomic E-state index is 13.3. The molecule has 3 rings (SSSR count). The minimum absolute atomic E-state index is 0.0666. The standard InChI is InChI=1S/C21H22FN3O3/c1-13(26)18-12-17(28-14(18)2)8-9-19(27)24-20(21-23-10-11-25(21)3)15-4-6-16(22)7-5-15/h4-7,10-12,20H,8-9H2,1-3H3,(H,24,27)/t20-/m1/s1. The van der Waals surface area contributed by atoms with E-state index in [-0.39, 0.29) is 23.9 Å². The van der Waals surface area contributed by atoms with E-state index in [0.29, 0.717) is 29.3 Å². The number of imidazole rings is 1. The molecule has 0 fully saturated rings. The molecule has 2 heterocycles. The second kappa shape index (κ2) is 8.21. The zero-order valence-electron chi connectivity index (χ0n) is 16.0. The normalized spacial score (nSPS) is 12.0. The fourth-order valence-corrected chi connectivity index (χ4v) is 3.09. The number of carbonyl (C=O) groups is 2. The molecule has 1 atom stereocenters. The van der Waals surface area contributed by atoms with E-state index in [1.165, 1.54) is 19.1 Å². The van der Waals surface area contributed by atoms with Gasteiger partial charge in [0.25, 0.3) is 0 Å². The highest BCUT2D eigenvalue weighted by molar-refractivity contribution is 5.95. The molecule has 0 aliphatic rings. The molecule has 6 nitrogen and oxygen atoms in total. The van der Waals surface area contributed by atoms with Crippen LogP contribution in [-0.4, -0.2) is 21.2 Å². The van der Waals surface area contributed by atoms with Crippen LogP contribution in [0.4, 0.5) is 4.39 Å². The first-order chi connectivity index (χ1) is 13.3. The fourth-order valence-electron chi connectivity index (χ4n) is 3.09. The zero-order valence-corrected chi connectivity index (χ0v) is 16.0. The van der Waals surface area contributed by atoms with E-state index in [1.807, 2.05) is 11.6 Å². The van der Waals surface area contributed by atoms with E-state index in [4.69, 9.17) is 4.42 Å². The van der Waals surface area contributed by atoms with Gasteiger partial charge in [0.05, 0.1) is 5.56 Å². The number of carbonyl (C=O) groups excluding carboxylic acids is 2. The Morgan fingerprint density at radius 2 is 2.00 bits per heavy atom. The summed E-state index contributed by atoms with van der Waals surface area (Å²) in [5, 5.41) is 2.96. The molecule has 0 spiro atoms. The number of nitrogens with one attached hydrogen (secondary N) is 1. The monoisotopic (exact) mass is 383 g/mol. The van der Waals surface area contributed by atoms with Gasteiger partial charge in [0.2, 0.25) is 5.91 Å². The van der Waals surface area contributed by atoms with Crippen molar-refractivity contribution < 1.29 is 18.4 Å². The van der Waals surface area contributed by atoms with E-state index in [0.717, 1.165) is 5.56 Å². The highest BCUT2D eigenvalue weighted by atomic mass is 19.1. The summed E-state index contributed by atoms with van der Waals surface area (Å²) in [6.45, 7) is 3.21. The Hall–Kier alpha value is -3.22. The molecule has 1 aromatic carbocycles. The highest BCUT2D eigenvalue weighted by Crippen LogP contribution is 2.22. The third kappa shape index (κ3) is 4.36. The van der Waals surface area contributed by atoms with Gasteiger partial charge in [0.1, 0.15) is 29.2 Å². The number of furan rings is 1. The van der Waals surface area contributed by atoms with Crippen molar-refractivity contribution in [3.8, 4) is 0 Å². The maximum atomic E-state index is 13.3. The van der Waals surface area contributed by atoms with E-state index >= 15 is 0 Å². The van der Waals surface area contributed by atoms with E-state index in [9.17, 15) is 14.0 Å². The van der Waals surface area contributed by atoms with Crippen LogP contribution in [0.25, 0.3) is 0 Å². The number of aryl methyl sites for hydroxylation is 3. The summed E-state index contributed by atoms with van der Waals surface area (Å²) in [5.74, 6) is 1.18. The van der Waals surface area contributed by atoms with Crippen molar-refractivity contribution in [2.45, 2.75) is 32.7 Å². The van der Waals surface area contributed by atoms with Crippen LogP contribution >= 0.6 is 0 Å². The SMILES string of the molecule is CC(=O)c1cc(CCC(=O)N[C@H](c2ccc(F)cc2)c2nccn2C)oc1C. The highest BCUT2D eigenvalue weighted by Gasteiger charge is 2.21. The van der Waals surface area contributed by atoms with Crippen LogP contribution < -0.4 is 5.32 Å². The van der Waals surface area contributed by atoms with Crippen molar-refractivity contribution in [2.24, 2.45) is 7.05 Å². The number of hydrogen-bond donors (Lipinski definition) is 1. The number of aromatic nitrogens is 2. The molecule has 0 aliphatic heterocycles. The molecule has 0 bridgehead atoms. The predicted molar refractivity (Wildman–Crippen MR) is 101 cm³/mol. The van der Waals surface area contributed by atoms with Gasteiger partial charge in [-0.2, -0.15) is 0 Å². The van der Waals surface area contributed by atoms with Gasteiger partial charge in [-0.1, -0.05) is 12.1 Å². The molecule has 28 heavy (non-hydrogen) atoms. The van der Waals surface area contributed by atoms with E-state index < -0.39 is 6.04 Å². The van der Waals surface area contributed by atoms with Crippen LogP contribution in [0.2, 0.25) is 0 Å². The summed E-state index contributed by atoms with van der Waals surface area (Å²) < 4.78 is 20.7. The number of benzene rings is 1. The van der Waals surface area contributed by atoms with Gasteiger partial charge < -0.3 is 14.3 Å². The molecular weight excluding hydrogens is 361 g/mol. The first-order valence-corrected chi connectivity index (χ1v) is 8.97. The van der Waals surface area contributed by atoms with Crippen molar-refractivity contribution >= 4 is 11.7 Å². The quantitative estimate of drug-likeness (QED) is 0.634. The zero-order chi connectivity index (χ0) is 20.3. The first kappa shape index (κ1) is 19.5. The van der Waals surface area contributed by atoms with Crippen molar-refractivity contribution in [2.75, 3.05) is 0 Å². The number of hydrogen-bond acceptors (Lipinski definition) is 4. The molecule has 1 N–H and O–H groups in total. The smallest absolute Gasteiger partial charge is 0.221 e. The number of halogens is 1. The Kier molecular flexibility index (Phi) is 5.73. The molecule has 146 valence electrons. The summed E-state index contributed by atoms with van der Waals surface area (Å²) in [5.41, 5.74) is 1.27. The van der Waals surface area contributed by atoms with Crippen LogP contribution in [0.5, 0.6) is 0 Å². The molecule has 0 aliphatic carbocycles. The second-order valence-corrected chi connectivity index (χ2v) is 6.69. The maximum Gasteiger partial charge on any atom is 0.221 e. The number of nitrogens with zero attached hydrogens (tertiary/aromatic N) is 2. The molecule has 7 heteroatoms. The van der Waals surface area contributed by atoms with Crippen LogP contribution in [0.15, 0.2) is 47.1 Å². The lowest BCUT2D eigenvalue weighted by molar-refractivity contribution is -0.121. The van der Waals surface area contributed by atoms with Gasteiger partial charge in [-0.15, -0.1) is 0 Å². The molecular formula is C21H22FN3O3. The lowest BCUT2D eigenvalue weighted by Gasteiger charge is -2.19. The lowest BCUT2D eigenvalue weighted by atomic mass is 10.1. The summed E-state index contributed by atoms with van der Waals surface area (Å²) in [4.78, 5) is 28.4. The Labute approximate surface area is 162 Å². The third-order valence-corrected chi connectivity index (χ3v) is 4.57. The summed E-state index contributed by atoms with van der Waals surface area (Å²) in [6.07, 6.45) is 3.99. The van der Waals surface area contributed by atoms with Crippen molar-refractivity contribution in [1.82, 2.24) is 14.9 Å². The van der Waals surface area contributed by atoms with Gasteiger partial charge in [0, 0.05) is 32.3 Å². The summed E-state index contributed by atoms with van der Waals surface area (Å²) in [7, 11) is 1.83. The molecule has 0 radical (unpaired) electrons. The number of Topliss-reactive ketones (excluding diaryl/α,β-unsaturated/α-hetero) is 1. The van der Waals surface area contributed by atoms with Gasteiger partial charge in [-0.3, -0.25) is 9.59 Å². The number of amides is 1.